The maximum absolute atomic E-state index is 9.07. The number of hydrogen-bond donors (Lipinski definition) is 0. The molecule has 0 fully saturated rings. The van der Waals surface area contributed by atoms with Crippen molar-refractivity contribution in [2.75, 3.05) is 0 Å². The van der Waals surface area contributed by atoms with Crippen LogP contribution >= 0.6 is 0 Å². The molecule has 0 N–H and O–H groups in total. The van der Waals surface area contributed by atoms with Gasteiger partial charge in [-0.3, -0.25) is 0 Å². The molecule has 1 heterocycles. The van der Waals surface area contributed by atoms with Gasteiger partial charge in [-0.15, -0.1) is 0 Å². The van der Waals surface area contributed by atoms with Crippen molar-refractivity contribution in [1.29, 1.82) is 5.26 Å². The van der Waals surface area contributed by atoms with Crippen LogP contribution in [0.1, 0.15) is 28.1 Å². The summed E-state index contributed by atoms with van der Waals surface area (Å²) in [7, 11) is 1.85. The maximum atomic E-state index is 9.07. The first-order valence-electron chi connectivity index (χ1n) is 6.08. The lowest BCUT2D eigenvalue weighted by Crippen LogP contribution is -1.98. The van der Waals surface area contributed by atoms with Gasteiger partial charge >= 0.3 is 0 Å². The minimum absolute atomic E-state index is 0.666. The third kappa shape index (κ3) is 2.43. The zero-order valence-corrected chi connectivity index (χ0v) is 11.1. The van der Waals surface area contributed by atoms with Crippen molar-refractivity contribution in [3.63, 3.8) is 0 Å². The molecule has 0 amide bonds. The lowest BCUT2D eigenvalue weighted by Gasteiger charge is -2.06. The molecule has 0 saturated carbocycles. The number of aromatic nitrogens is 2. The molecule has 1 aromatic heterocycles. The third-order valence-corrected chi connectivity index (χ3v) is 3.25. The molecular formula is C15H17N3. The largest absolute Gasteiger partial charge is 0.325 e. The van der Waals surface area contributed by atoms with Gasteiger partial charge in [0.05, 0.1) is 12.0 Å². The van der Waals surface area contributed by atoms with Crippen LogP contribution in [0.5, 0.6) is 0 Å². The van der Waals surface area contributed by atoms with Gasteiger partial charge in [0.1, 0.15) is 11.8 Å². The summed E-state index contributed by atoms with van der Waals surface area (Å²) in [5.74, 6) is 0. The normalized spacial score (nSPS) is 10.3. The summed E-state index contributed by atoms with van der Waals surface area (Å²) in [5, 5.41) is 9.07. The smallest absolute Gasteiger partial charge is 0.142 e. The van der Waals surface area contributed by atoms with Gasteiger partial charge < -0.3 is 4.57 Å². The Kier molecular flexibility index (Phi) is 3.47. The fraction of sp³-hybridized carbons (Fsp3) is 0.333. The monoisotopic (exact) mass is 239 g/mol. The Labute approximate surface area is 108 Å². The van der Waals surface area contributed by atoms with Gasteiger partial charge in [0.15, 0.2) is 0 Å². The van der Waals surface area contributed by atoms with Gasteiger partial charge in [-0.2, -0.15) is 5.26 Å². The molecule has 92 valence electrons. The van der Waals surface area contributed by atoms with E-state index in [9.17, 15) is 0 Å². The molecular weight excluding hydrogens is 222 g/mol. The molecule has 0 aliphatic heterocycles. The molecule has 18 heavy (non-hydrogen) atoms. The van der Waals surface area contributed by atoms with E-state index in [2.05, 4.69) is 43.1 Å². The van der Waals surface area contributed by atoms with E-state index < -0.39 is 0 Å². The van der Waals surface area contributed by atoms with Gasteiger partial charge in [-0.1, -0.05) is 23.8 Å². The molecule has 0 spiro atoms. The summed E-state index contributed by atoms with van der Waals surface area (Å²) in [5.41, 5.74) is 5.48. The number of benzene rings is 1. The van der Waals surface area contributed by atoms with Crippen LogP contribution < -0.4 is 0 Å². The molecule has 0 atom stereocenters. The van der Waals surface area contributed by atoms with Gasteiger partial charge in [0.25, 0.3) is 0 Å². The highest BCUT2D eigenvalue weighted by Gasteiger charge is 2.08. The van der Waals surface area contributed by atoms with E-state index in [1.165, 1.54) is 16.7 Å². The Morgan fingerprint density at radius 3 is 2.72 bits per heavy atom. The van der Waals surface area contributed by atoms with Crippen molar-refractivity contribution >= 4 is 0 Å². The summed E-state index contributed by atoms with van der Waals surface area (Å²) < 4.78 is 1.78. The van der Waals surface area contributed by atoms with E-state index in [0.717, 1.165) is 18.5 Å². The zero-order valence-electron chi connectivity index (χ0n) is 11.1. The molecule has 0 saturated heterocycles. The molecule has 3 heteroatoms. The van der Waals surface area contributed by atoms with Crippen LogP contribution in [0.2, 0.25) is 0 Å². The summed E-state index contributed by atoms with van der Waals surface area (Å²) in [6, 6.07) is 8.69. The van der Waals surface area contributed by atoms with Crippen molar-refractivity contribution in [3.05, 3.63) is 52.6 Å². The number of hydrogen-bond acceptors (Lipinski definition) is 2. The minimum atomic E-state index is 0.666. The topological polar surface area (TPSA) is 41.6 Å². The lowest BCUT2D eigenvalue weighted by atomic mass is 10.0. The van der Waals surface area contributed by atoms with Crippen molar-refractivity contribution in [3.8, 4) is 6.07 Å². The predicted octanol–water partition coefficient (Wildman–Crippen LogP) is 2.69. The van der Waals surface area contributed by atoms with Crippen LogP contribution in [0, 0.1) is 25.2 Å². The summed E-state index contributed by atoms with van der Waals surface area (Å²) >= 11 is 0. The second kappa shape index (κ2) is 5.05. The van der Waals surface area contributed by atoms with Gasteiger partial charge in [0, 0.05) is 7.05 Å². The molecule has 0 unspecified atom stereocenters. The van der Waals surface area contributed by atoms with Crippen LogP contribution in [0.15, 0.2) is 24.5 Å². The van der Waals surface area contributed by atoms with Crippen molar-refractivity contribution < 1.29 is 0 Å². The first kappa shape index (κ1) is 12.4. The van der Waals surface area contributed by atoms with E-state index in [0.29, 0.717) is 5.69 Å². The molecule has 0 bridgehead atoms. The fourth-order valence-electron chi connectivity index (χ4n) is 2.18. The van der Waals surface area contributed by atoms with Gasteiger partial charge in [-0.25, -0.2) is 4.98 Å². The highest BCUT2D eigenvalue weighted by atomic mass is 15.0. The SMILES string of the molecule is Cc1ccc(CCc2ncn(C)c2C#N)c(C)c1. The van der Waals surface area contributed by atoms with Crippen molar-refractivity contribution in [2.45, 2.75) is 26.7 Å². The van der Waals surface area contributed by atoms with Crippen molar-refractivity contribution in [1.82, 2.24) is 9.55 Å². The lowest BCUT2D eigenvalue weighted by molar-refractivity contribution is 0.881. The van der Waals surface area contributed by atoms with Crippen molar-refractivity contribution in [2.24, 2.45) is 7.05 Å². The minimum Gasteiger partial charge on any atom is -0.325 e. The van der Waals surface area contributed by atoms with E-state index in [4.69, 9.17) is 5.26 Å². The Hall–Kier alpha value is -2.08. The average molecular weight is 239 g/mol. The Balaban J connectivity index is 2.14. The van der Waals surface area contributed by atoms with E-state index in [1.54, 1.807) is 10.9 Å². The van der Waals surface area contributed by atoms with Crippen LogP contribution in [-0.2, 0) is 19.9 Å². The molecule has 2 rings (SSSR count). The Morgan fingerprint density at radius 1 is 1.28 bits per heavy atom. The highest BCUT2D eigenvalue weighted by molar-refractivity contribution is 5.32. The fourth-order valence-corrected chi connectivity index (χ4v) is 2.18. The predicted molar refractivity (Wildman–Crippen MR) is 71.2 cm³/mol. The third-order valence-electron chi connectivity index (χ3n) is 3.25. The molecule has 1 aromatic carbocycles. The molecule has 3 nitrogen and oxygen atoms in total. The summed E-state index contributed by atoms with van der Waals surface area (Å²) in [6.07, 6.45) is 3.45. The molecule has 0 aliphatic rings. The Morgan fingerprint density at radius 2 is 2.06 bits per heavy atom. The zero-order chi connectivity index (χ0) is 13.1. The second-order valence-electron chi connectivity index (χ2n) is 4.69. The number of rotatable bonds is 3. The van der Waals surface area contributed by atoms with E-state index in [-0.39, 0.29) is 0 Å². The second-order valence-corrected chi connectivity index (χ2v) is 4.69. The van der Waals surface area contributed by atoms with Crippen LogP contribution in [0.3, 0.4) is 0 Å². The summed E-state index contributed by atoms with van der Waals surface area (Å²) in [4.78, 5) is 4.29. The first-order valence-corrected chi connectivity index (χ1v) is 6.08. The van der Waals surface area contributed by atoms with Crippen LogP contribution in [0.25, 0.3) is 0 Å². The number of nitriles is 1. The van der Waals surface area contributed by atoms with Gasteiger partial charge in [-0.05, 0) is 37.8 Å². The number of imidazole rings is 1. The molecule has 0 radical (unpaired) electrons. The summed E-state index contributed by atoms with van der Waals surface area (Å²) in [6.45, 7) is 4.23. The number of aryl methyl sites for hydroxylation is 5. The quantitative estimate of drug-likeness (QED) is 0.826. The number of nitrogens with zero attached hydrogens (tertiary/aromatic N) is 3. The Bertz CT molecular complexity index is 603. The van der Waals surface area contributed by atoms with E-state index in [1.807, 2.05) is 7.05 Å². The van der Waals surface area contributed by atoms with Gasteiger partial charge in [0.2, 0.25) is 0 Å². The first-order chi connectivity index (χ1) is 8.61. The standard InChI is InChI=1S/C15H17N3/c1-11-4-5-13(12(2)8-11)6-7-14-15(9-16)18(3)10-17-14/h4-5,8,10H,6-7H2,1-3H3. The van der Waals surface area contributed by atoms with E-state index >= 15 is 0 Å². The molecule has 0 aliphatic carbocycles. The average Bonchev–Trinajstić information content (AvgIpc) is 2.69. The maximum Gasteiger partial charge on any atom is 0.142 e. The molecule has 2 aromatic rings. The highest BCUT2D eigenvalue weighted by Crippen LogP contribution is 2.14. The van der Waals surface area contributed by atoms with Crippen LogP contribution in [-0.4, -0.2) is 9.55 Å². The van der Waals surface area contributed by atoms with Crippen LogP contribution in [0.4, 0.5) is 0 Å².